The normalized spacial score (nSPS) is 11.4. The molecule has 0 aliphatic carbocycles. The minimum absolute atomic E-state index is 0.0158. The zero-order chi connectivity index (χ0) is 12.0. The number of halogens is 1. The minimum atomic E-state index is -0.0566. The van der Waals surface area contributed by atoms with Crippen LogP contribution in [0.15, 0.2) is 11.7 Å². The van der Waals surface area contributed by atoms with Crippen molar-refractivity contribution >= 4 is 28.8 Å². The summed E-state index contributed by atoms with van der Waals surface area (Å²) in [6.07, 6.45) is 3.52. The molecule has 0 fully saturated rings. The fourth-order valence-corrected chi connectivity index (χ4v) is 2.43. The van der Waals surface area contributed by atoms with Crippen LogP contribution in [0.4, 0.5) is 0 Å². The number of amides is 1. The van der Waals surface area contributed by atoms with E-state index in [1.165, 1.54) is 11.3 Å². The van der Waals surface area contributed by atoms with E-state index in [1.807, 2.05) is 0 Å². The van der Waals surface area contributed by atoms with Crippen LogP contribution in [0.2, 0.25) is 0 Å². The molecule has 0 saturated carbocycles. The maximum atomic E-state index is 11.7. The van der Waals surface area contributed by atoms with Crippen LogP contribution in [-0.2, 0) is 0 Å². The van der Waals surface area contributed by atoms with Crippen molar-refractivity contribution in [3.8, 4) is 0 Å². The molecule has 0 bridgehead atoms. The average Bonchev–Trinajstić information content (AvgIpc) is 2.85. The molecule has 0 spiro atoms. The lowest BCUT2D eigenvalue weighted by Crippen LogP contribution is -2.38. The number of thiazole rings is 1. The van der Waals surface area contributed by atoms with Crippen molar-refractivity contribution in [1.29, 1.82) is 0 Å². The van der Waals surface area contributed by atoms with Gasteiger partial charge in [-0.15, -0.1) is 22.9 Å². The number of aromatic nitrogens is 1. The first-order chi connectivity index (χ1) is 7.67. The van der Waals surface area contributed by atoms with Crippen LogP contribution in [0.3, 0.4) is 0 Å². The van der Waals surface area contributed by atoms with Crippen molar-refractivity contribution < 1.29 is 4.79 Å². The zero-order valence-corrected chi connectivity index (χ0v) is 11.2. The molecule has 1 aromatic rings. The standard InChI is InChI=1S/C11H17ClN2OS/c1-3-11(4-2,6-12)7-14-10(15)9-5-13-8-16-9/h5,8H,3-4,6-7H2,1-2H3,(H,14,15). The van der Waals surface area contributed by atoms with Gasteiger partial charge in [0.15, 0.2) is 0 Å². The molecular weight excluding hydrogens is 244 g/mol. The number of hydrogen-bond donors (Lipinski definition) is 1. The lowest BCUT2D eigenvalue weighted by molar-refractivity contribution is 0.0935. The SMILES string of the molecule is CCC(CC)(CCl)CNC(=O)c1cncs1. The topological polar surface area (TPSA) is 42.0 Å². The summed E-state index contributed by atoms with van der Waals surface area (Å²) in [6.45, 7) is 4.83. The molecule has 1 heterocycles. The fourth-order valence-electron chi connectivity index (χ4n) is 1.42. The number of nitrogens with one attached hydrogen (secondary N) is 1. The summed E-state index contributed by atoms with van der Waals surface area (Å²) in [5.41, 5.74) is 1.67. The third-order valence-electron chi connectivity index (χ3n) is 3.06. The van der Waals surface area contributed by atoms with Gasteiger partial charge in [-0.05, 0) is 12.8 Å². The van der Waals surface area contributed by atoms with E-state index in [4.69, 9.17) is 11.6 Å². The van der Waals surface area contributed by atoms with E-state index < -0.39 is 0 Å². The minimum Gasteiger partial charge on any atom is -0.351 e. The van der Waals surface area contributed by atoms with Crippen LogP contribution in [0.1, 0.15) is 36.4 Å². The van der Waals surface area contributed by atoms with E-state index in [0.717, 1.165) is 12.8 Å². The van der Waals surface area contributed by atoms with Gasteiger partial charge in [0.05, 0.1) is 11.7 Å². The second-order valence-corrected chi connectivity index (χ2v) is 5.04. The summed E-state index contributed by atoms with van der Waals surface area (Å²) in [5, 5.41) is 2.93. The summed E-state index contributed by atoms with van der Waals surface area (Å²) < 4.78 is 0. The lowest BCUT2D eigenvalue weighted by Gasteiger charge is -2.29. The molecule has 1 aromatic heterocycles. The molecule has 90 valence electrons. The Bertz CT molecular complexity index is 314. The van der Waals surface area contributed by atoms with Gasteiger partial charge in [0.2, 0.25) is 0 Å². The number of rotatable bonds is 6. The van der Waals surface area contributed by atoms with Crippen LogP contribution in [0, 0.1) is 5.41 Å². The molecule has 0 saturated heterocycles. The maximum Gasteiger partial charge on any atom is 0.263 e. The van der Waals surface area contributed by atoms with E-state index in [9.17, 15) is 4.79 Å². The van der Waals surface area contributed by atoms with Crippen molar-refractivity contribution in [2.24, 2.45) is 5.41 Å². The lowest BCUT2D eigenvalue weighted by atomic mass is 9.84. The second kappa shape index (κ2) is 6.21. The number of alkyl halides is 1. The second-order valence-electron chi connectivity index (χ2n) is 3.89. The van der Waals surface area contributed by atoms with Crippen molar-refractivity contribution in [3.05, 3.63) is 16.6 Å². The Balaban J connectivity index is 2.53. The molecule has 1 rings (SSSR count). The Morgan fingerprint density at radius 3 is 2.69 bits per heavy atom. The molecule has 1 N–H and O–H groups in total. The zero-order valence-electron chi connectivity index (χ0n) is 9.62. The summed E-state index contributed by atoms with van der Waals surface area (Å²) in [7, 11) is 0. The molecule has 3 nitrogen and oxygen atoms in total. The molecule has 1 amide bonds. The van der Waals surface area contributed by atoms with Crippen LogP contribution in [0.25, 0.3) is 0 Å². The molecule has 0 radical (unpaired) electrons. The fraction of sp³-hybridized carbons (Fsp3) is 0.636. The Morgan fingerprint density at radius 1 is 1.56 bits per heavy atom. The van der Waals surface area contributed by atoms with Gasteiger partial charge in [-0.1, -0.05) is 13.8 Å². The number of hydrogen-bond acceptors (Lipinski definition) is 3. The van der Waals surface area contributed by atoms with E-state index in [1.54, 1.807) is 11.7 Å². The van der Waals surface area contributed by atoms with Crippen LogP contribution >= 0.6 is 22.9 Å². The first-order valence-electron chi connectivity index (χ1n) is 5.40. The summed E-state index contributed by atoms with van der Waals surface area (Å²) in [4.78, 5) is 16.2. The summed E-state index contributed by atoms with van der Waals surface area (Å²) >= 11 is 7.32. The molecule has 0 aliphatic rings. The third-order valence-corrected chi connectivity index (χ3v) is 4.40. The van der Waals surface area contributed by atoms with Crippen LogP contribution < -0.4 is 5.32 Å². The largest absolute Gasteiger partial charge is 0.351 e. The van der Waals surface area contributed by atoms with Crippen molar-refractivity contribution in [1.82, 2.24) is 10.3 Å². The first kappa shape index (κ1) is 13.5. The highest BCUT2D eigenvalue weighted by atomic mass is 35.5. The van der Waals surface area contributed by atoms with E-state index in [0.29, 0.717) is 17.3 Å². The van der Waals surface area contributed by atoms with Gasteiger partial charge in [0.1, 0.15) is 4.88 Å². The Labute approximate surface area is 105 Å². The van der Waals surface area contributed by atoms with Crippen molar-refractivity contribution in [3.63, 3.8) is 0 Å². The highest BCUT2D eigenvalue weighted by Crippen LogP contribution is 2.27. The van der Waals surface area contributed by atoms with E-state index in [2.05, 4.69) is 24.1 Å². The van der Waals surface area contributed by atoms with Gasteiger partial charge >= 0.3 is 0 Å². The van der Waals surface area contributed by atoms with Gasteiger partial charge in [0, 0.05) is 17.8 Å². The maximum absolute atomic E-state index is 11.7. The number of carbonyl (C=O) groups is 1. The van der Waals surface area contributed by atoms with Gasteiger partial charge in [-0.25, -0.2) is 0 Å². The Morgan fingerprint density at radius 2 is 2.25 bits per heavy atom. The predicted molar refractivity (Wildman–Crippen MR) is 68.2 cm³/mol. The summed E-state index contributed by atoms with van der Waals surface area (Å²) in [5.74, 6) is 0.516. The third kappa shape index (κ3) is 3.19. The van der Waals surface area contributed by atoms with Gasteiger partial charge < -0.3 is 5.32 Å². The molecular formula is C11H17ClN2OS. The van der Waals surface area contributed by atoms with Crippen LogP contribution in [0.5, 0.6) is 0 Å². The molecule has 16 heavy (non-hydrogen) atoms. The monoisotopic (exact) mass is 260 g/mol. The van der Waals surface area contributed by atoms with Crippen LogP contribution in [-0.4, -0.2) is 23.3 Å². The van der Waals surface area contributed by atoms with Crippen molar-refractivity contribution in [2.75, 3.05) is 12.4 Å². The number of carbonyl (C=O) groups excluding carboxylic acids is 1. The first-order valence-corrected chi connectivity index (χ1v) is 6.81. The average molecular weight is 261 g/mol. The highest BCUT2D eigenvalue weighted by molar-refractivity contribution is 7.11. The molecule has 5 heteroatoms. The van der Waals surface area contributed by atoms with E-state index in [-0.39, 0.29) is 11.3 Å². The molecule has 0 atom stereocenters. The Kier molecular flexibility index (Phi) is 5.22. The quantitative estimate of drug-likeness (QED) is 0.799. The van der Waals surface area contributed by atoms with Crippen molar-refractivity contribution in [2.45, 2.75) is 26.7 Å². The molecule has 0 aliphatic heterocycles. The predicted octanol–water partition coefficient (Wildman–Crippen LogP) is 2.92. The number of nitrogens with zero attached hydrogens (tertiary/aromatic N) is 1. The summed E-state index contributed by atoms with van der Waals surface area (Å²) in [6, 6.07) is 0. The van der Waals surface area contributed by atoms with E-state index >= 15 is 0 Å². The van der Waals surface area contributed by atoms with Gasteiger partial charge in [0.25, 0.3) is 5.91 Å². The van der Waals surface area contributed by atoms with Gasteiger partial charge in [-0.3, -0.25) is 9.78 Å². The Hall–Kier alpha value is -0.610. The molecule has 0 unspecified atom stereocenters. The highest BCUT2D eigenvalue weighted by Gasteiger charge is 2.25. The smallest absolute Gasteiger partial charge is 0.263 e. The molecule has 0 aromatic carbocycles. The van der Waals surface area contributed by atoms with Gasteiger partial charge in [-0.2, -0.15) is 0 Å².